The Labute approximate surface area is 101 Å². The van der Waals surface area contributed by atoms with E-state index >= 15 is 0 Å². The summed E-state index contributed by atoms with van der Waals surface area (Å²) >= 11 is 4.59. The van der Waals surface area contributed by atoms with E-state index in [1.165, 1.54) is 11.3 Å². The smallest absolute Gasteiger partial charge is 0.193 e. The molecule has 0 amide bonds. The molecule has 0 unspecified atom stereocenters. The van der Waals surface area contributed by atoms with Gasteiger partial charge in [0.25, 0.3) is 0 Å². The third kappa shape index (κ3) is 2.66. The third-order valence-corrected chi connectivity index (χ3v) is 3.74. The Hall–Kier alpha value is -0.230. The Bertz CT molecular complexity index is 344. The molecule has 2 heterocycles. The van der Waals surface area contributed by atoms with Gasteiger partial charge in [-0.3, -0.25) is 4.79 Å². The van der Waals surface area contributed by atoms with Crippen molar-refractivity contribution in [2.75, 3.05) is 18.5 Å². The summed E-state index contributed by atoms with van der Waals surface area (Å²) < 4.78 is 10.9. The van der Waals surface area contributed by atoms with E-state index in [1.807, 2.05) is 12.1 Å². The van der Waals surface area contributed by atoms with E-state index in [-0.39, 0.29) is 12.1 Å². The first-order valence-corrected chi connectivity index (χ1v) is 6.67. The van der Waals surface area contributed by atoms with Gasteiger partial charge in [0.05, 0.1) is 28.3 Å². The Balaban J connectivity index is 2.08. The van der Waals surface area contributed by atoms with E-state index in [2.05, 4.69) is 15.9 Å². The molecule has 0 bridgehead atoms. The molecule has 1 aromatic heterocycles. The van der Waals surface area contributed by atoms with Crippen LogP contribution in [0.4, 0.5) is 0 Å². The van der Waals surface area contributed by atoms with Gasteiger partial charge in [0, 0.05) is 0 Å². The fourth-order valence-corrected chi connectivity index (χ4v) is 2.78. The van der Waals surface area contributed by atoms with Crippen LogP contribution in [-0.4, -0.2) is 24.3 Å². The van der Waals surface area contributed by atoms with E-state index in [9.17, 15) is 4.79 Å². The number of hydrogen-bond donors (Lipinski definition) is 0. The van der Waals surface area contributed by atoms with Crippen LogP contribution in [-0.2, 0) is 9.47 Å². The number of halogens is 1. The van der Waals surface area contributed by atoms with Gasteiger partial charge >= 0.3 is 0 Å². The van der Waals surface area contributed by atoms with Crippen LogP contribution < -0.4 is 0 Å². The lowest BCUT2D eigenvalue weighted by Gasteiger charge is -2.21. The van der Waals surface area contributed by atoms with Crippen molar-refractivity contribution in [3.63, 3.8) is 0 Å². The van der Waals surface area contributed by atoms with E-state index in [4.69, 9.17) is 9.47 Å². The molecule has 0 saturated carbocycles. The largest absolute Gasteiger partial charge is 0.348 e. The molecule has 0 aliphatic carbocycles. The Morgan fingerprint density at radius 3 is 2.87 bits per heavy atom. The van der Waals surface area contributed by atoms with Crippen LogP contribution in [0.1, 0.15) is 27.3 Å². The van der Waals surface area contributed by atoms with Crippen LogP contribution in [0.2, 0.25) is 0 Å². The summed E-state index contributed by atoms with van der Waals surface area (Å²) in [6, 6.07) is 3.72. The Kier molecular flexibility index (Phi) is 3.91. The number of carbonyl (C=O) groups excluding carboxylic acids is 1. The fraction of sp³-hybridized carbons (Fsp3) is 0.500. The minimum atomic E-state index is -0.277. The second kappa shape index (κ2) is 5.21. The molecule has 2 rings (SSSR count). The minimum absolute atomic E-state index is 0.0991. The fourth-order valence-electron chi connectivity index (χ4n) is 1.35. The number of carbonyl (C=O) groups is 1. The van der Waals surface area contributed by atoms with Crippen molar-refractivity contribution in [3.8, 4) is 0 Å². The van der Waals surface area contributed by atoms with Crippen LogP contribution in [0.5, 0.6) is 0 Å². The molecule has 0 aromatic carbocycles. The lowest BCUT2D eigenvalue weighted by atomic mass is 10.3. The van der Waals surface area contributed by atoms with Gasteiger partial charge in [-0.1, -0.05) is 15.9 Å². The molecule has 0 atom stereocenters. The highest BCUT2D eigenvalue weighted by Crippen LogP contribution is 2.29. The molecule has 15 heavy (non-hydrogen) atoms. The number of thiophene rings is 1. The second-order valence-corrected chi connectivity index (χ2v) is 4.86. The zero-order valence-corrected chi connectivity index (χ0v) is 10.5. The SMILES string of the molecule is O=C(CBr)c1ccc(C2OCCCO2)s1. The molecule has 0 spiro atoms. The molecule has 82 valence electrons. The van der Waals surface area contributed by atoms with Gasteiger partial charge in [0.2, 0.25) is 0 Å². The first kappa shape index (κ1) is 11.3. The maximum atomic E-state index is 11.4. The second-order valence-electron chi connectivity index (χ2n) is 3.19. The van der Waals surface area contributed by atoms with Crippen LogP contribution in [0.25, 0.3) is 0 Å². The van der Waals surface area contributed by atoms with Gasteiger partial charge in [-0.15, -0.1) is 11.3 Å². The summed E-state index contributed by atoms with van der Waals surface area (Å²) in [4.78, 5) is 13.1. The molecule has 3 nitrogen and oxygen atoms in total. The topological polar surface area (TPSA) is 35.5 Å². The molecule has 5 heteroatoms. The van der Waals surface area contributed by atoms with Gasteiger partial charge in [-0.25, -0.2) is 0 Å². The Morgan fingerprint density at radius 2 is 2.20 bits per heavy atom. The highest BCUT2D eigenvalue weighted by atomic mass is 79.9. The number of ketones is 1. The Morgan fingerprint density at radius 1 is 1.47 bits per heavy atom. The minimum Gasteiger partial charge on any atom is -0.348 e. The summed E-state index contributed by atoms with van der Waals surface area (Å²) in [7, 11) is 0. The van der Waals surface area contributed by atoms with E-state index in [0.29, 0.717) is 5.33 Å². The summed E-state index contributed by atoms with van der Waals surface area (Å²) in [6.07, 6.45) is 0.662. The zero-order valence-electron chi connectivity index (χ0n) is 8.07. The standard InChI is InChI=1S/C10H11BrO3S/c11-6-7(12)8-2-3-9(15-8)10-13-4-1-5-14-10/h2-3,10H,1,4-6H2. The predicted octanol–water partition coefficient (Wildman–Crippen LogP) is 2.76. The van der Waals surface area contributed by atoms with Crippen LogP contribution >= 0.6 is 27.3 Å². The van der Waals surface area contributed by atoms with Crippen LogP contribution in [0.3, 0.4) is 0 Å². The molecule has 1 saturated heterocycles. The van der Waals surface area contributed by atoms with Gasteiger partial charge < -0.3 is 9.47 Å². The zero-order chi connectivity index (χ0) is 10.7. The number of hydrogen-bond acceptors (Lipinski definition) is 4. The van der Waals surface area contributed by atoms with Gasteiger partial charge in [-0.2, -0.15) is 0 Å². The highest BCUT2D eigenvalue weighted by Gasteiger charge is 2.19. The molecular weight excluding hydrogens is 280 g/mol. The monoisotopic (exact) mass is 290 g/mol. The maximum absolute atomic E-state index is 11.4. The predicted molar refractivity (Wildman–Crippen MR) is 61.7 cm³/mol. The van der Waals surface area contributed by atoms with Crippen molar-refractivity contribution in [2.45, 2.75) is 12.7 Å². The van der Waals surface area contributed by atoms with Crippen LogP contribution in [0.15, 0.2) is 12.1 Å². The first-order chi connectivity index (χ1) is 7.31. The molecule has 1 aromatic rings. The maximum Gasteiger partial charge on any atom is 0.193 e. The van der Waals surface area contributed by atoms with Crippen molar-refractivity contribution in [2.24, 2.45) is 0 Å². The lowest BCUT2D eigenvalue weighted by Crippen LogP contribution is -2.16. The normalized spacial score (nSPS) is 17.9. The van der Waals surface area contributed by atoms with E-state index in [0.717, 1.165) is 29.4 Å². The first-order valence-electron chi connectivity index (χ1n) is 4.73. The molecule has 1 aliphatic rings. The van der Waals surface area contributed by atoms with Crippen molar-refractivity contribution in [3.05, 3.63) is 21.9 Å². The summed E-state index contributed by atoms with van der Waals surface area (Å²) in [6.45, 7) is 1.45. The lowest BCUT2D eigenvalue weighted by molar-refractivity contribution is -0.181. The van der Waals surface area contributed by atoms with Crippen molar-refractivity contribution in [1.29, 1.82) is 0 Å². The summed E-state index contributed by atoms with van der Waals surface area (Å²) in [5.41, 5.74) is 0. The van der Waals surface area contributed by atoms with Crippen molar-refractivity contribution >= 4 is 33.0 Å². The molecule has 0 radical (unpaired) electrons. The number of ether oxygens (including phenoxy) is 2. The van der Waals surface area contributed by atoms with Crippen LogP contribution in [0, 0.1) is 0 Å². The number of alkyl halides is 1. The molecule has 1 aliphatic heterocycles. The highest BCUT2D eigenvalue weighted by molar-refractivity contribution is 9.09. The van der Waals surface area contributed by atoms with E-state index < -0.39 is 0 Å². The molecular formula is C10H11BrO3S. The van der Waals surface area contributed by atoms with E-state index in [1.54, 1.807) is 0 Å². The molecule has 1 fully saturated rings. The van der Waals surface area contributed by atoms with Gasteiger partial charge in [0.1, 0.15) is 0 Å². The molecule has 0 N–H and O–H groups in total. The summed E-state index contributed by atoms with van der Waals surface area (Å²) in [5.74, 6) is 0.0991. The number of Topliss-reactive ketones (excluding diaryl/α,β-unsaturated/α-hetero) is 1. The van der Waals surface area contributed by atoms with Crippen molar-refractivity contribution in [1.82, 2.24) is 0 Å². The quantitative estimate of drug-likeness (QED) is 0.634. The van der Waals surface area contributed by atoms with Gasteiger partial charge in [0.15, 0.2) is 12.1 Å². The average molecular weight is 291 g/mol. The van der Waals surface area contributed by atoms with Crippen molar-refractivity contribution < 1.29 is 14.3 Å². The average Bonchev–Trinajstić information content (AvgIpc) is 2.78. The van der Waals surface area contributed by atoms with Gasteiger partial charge in [-0.05, 0) is 18.6 Å². The third-order valence-electron chi connectivity index (χ3n) is 2.08. The summed E-state index contributed by atoms with van der Waals surface area (Å²) in [5, 5.41) is 0.360. The number of rotatable bonds is 3.